The summed E-state index contributed by atoms with van der Waals surface area (Å²) >= 11 is 0. The number of amides is 1. The summed E-state index contributed by atoms with van der Waals surface area (Å²) in [5.74, 6) is 1.09. The first-order valence-corrected chi connectivity index (χ1v) is 11.8. The van der Waals surface area contributed by atoms with Crippen molar-refractivity contribution < 1.29 is 23.9 Å². The fourth-order valence-corrected chi connectivity index (χ4v) is 4.96. The largest absolute Gasteiger partial charge is 0.483 e. The summed E-state index contributed by atoms with van der Waals surface area (Å²) in [5, 5.41) is 2.83. The highest BCUT2D eigenvalue weighted by Gasteiger charge is 2.42. The molecule has 6 heteroatoms. The van der Waals surface area contributed by atoms with Crippen molar-refractivity contribution in [2.75, 3.05) is 11.9 Å². The lowest BCUT2D eigenvalue weighted by Crippen LogP contribution is -2.30. The molecule has 0 fully saturated rings. The normalized spacial score (nSPS) is 18.3. The molecule has 1 heterocycles. The Morgan fingerprint density at radius 2 is 1.53 bits per heavy atom. The third-order valence-electron chi connectivity index (χ3n) is 6.56. The van der Waals surface area contributed by atoms with E-state index in [0.717, 1.165) is 24.0 Å². The molecular weight excluding hydrogens is 430 g/mol. The zero-order chi connectivity index (χ0) is 23.7. The van der Waals surface area contributed by atoms with Crippen molar-refractivity contribution in [2.24, 2.45) is 0 Å². The van der Waals surface area contributed by atoms with Crippen LogP contribution in [-0.4, -0.2) is 24.1 Å². The van der Waals surface area contributed by atoms with Crippen LogP contribution in [0.5, 0.6) is 5.75 Å². The van der Waals surface area contributed by atoms with Gasteiger partial charge >= 0.3 is 0 Å². The Labute approximate surface area is 198 Å². The third-order valence-corrected chi connectivity index (χ3v) is 6.56. The lowest BCUT2D eigenvalue weighted by molar-refractivity contribution is -0.119. The van der Waals surface area contributed by atoms with E-state index in [9.17, 15) is 14.4 Å². The molecule has 0 aromatic heterocycles. The van der Waals surface area contributed by atoms with Gasteiger partial charge in [0.1, 0.15) is 17.3 Å². The highest BCUT2D eigenvalue weighted by Crippen LogP contribution is 2.49. The molecule has 34 heavy (non-hydrogen) atoms. The molecule has 2 aromatic carbocycles. The third kappa shape index (κ3) is 4.28. The van der Waals surface area contributed by atoms with Crippen molar-refractivity contribution in [1.82, 2.24) is 0 Å². The lowest BCUT2D eigenvalue weighted by Gasteiger charge is -2.36. The number of anilines is 1. The van der Waals surface area contributed by atoms with Gasteiger partial charge in [-0.15, -0.1) is 0 Å². The molecule has 5 rings (SSSR count). The Bertz CT molecular complexity index is 1180. The van der Waals surface area contributed by atoms with Crippen LogP contribution in [0, 0.1) is 6.92 Å². The number of Topliss-reactive ketones (excluding diaryl/α,β-unsaturated/α-hetero) is 2. The highest BCUT2D eigenvalue weighted by molar-refractivity contribution is 6.06. The van der Waals surface area contributed by atoms with Crippen LogP contribution in [0.25, 0.3) is 0 Å². The smallest absolute Gasteiger partial charge is 0.262 e. The first kappa shape index (κ1) is 22.1. The van der Waals surface area contributed by atoms with Crippen LogP contribution in [0.1, 0.15) is 55.6 Å². The Hall–Kier alpha value is -3.67. The van der Waals surface area contributed by atoms with Crippen molar-refractivity contribution in [3.8, 4) is 5.75 Å². The molecule has 6 nitrogen and oxygen atoms in total. The van der Waals surface area contributed by atoms with E-state index < -0.39 is 5.92 Å². The molecule has 2 aliphatic carbocycles. The van der Waals surface area contributed by atoms with E-state index in [1.807, 2.05) is 49.4 Å². The Morgan fingerprint density at radius 1 is 0.912 bits per heavy atom. The number of aryl methyl sites for hydroxylation is 1. The summed E-state index contributed by atoms with van der Waals surface area (Å²) in [6.07, 6.45) is 3.75. The fourth-order valence-electron chi connectivity index (χ4n) is 4.96. The van der Waals surface area contributed by atoms with E-state index in [0.29, 0.717) is 59.8 Å². The fraction of sp³-hybridized carbons (Fsp3) is 0.321. The summed E-state index contributed by atoms with van der Waals surface area (Å²) in [6.45, 7) is 1.80. The van der Waals surface area contributed by atoms with Gasteiger partial charge in [-0.2, -0.15) is 0 Å². The van der Waals surface area contributed by atoms with E-state index in [1.54, 1.807) is 6.07 Å². The molecule has 0 bridgehead atoms. The van der Waals surface area contributed by atoms with Crippen LogP contribution in [0.15, 0.2) is 71.2 Å². The molecule has 0 unspecified atom stereocenters. The predicted molar refractivity (Wildman–Crippen MR) is 127 cm³/mol. The number of ketones is 2. The van der Waals surface area contributed by atoms with Gasteiger partial charge in [0.15, 0.2) is 18.2 Å². The minimum absolute atomic E-state index is 0.0168. The van der Waals surface area contributed by atoms with Crippen LogP contribution in [0.3, 0.4) is 0 Å². The molecule has 1 N–H and O–H groups in total. The molecule has 1 aliphatic heterocycles. The summed E-state index contributed by atoms with van der Waals surface area (Å²) in [4.78, 5) is 38.6. The number of carbonyl (C=O) groups is 3. The van der Waals surface area contributed by atoms with Crippen LogP contribution in [-0.2, 0) is 19.1 Å². The Morgan fingerprint density at radius 3 is 2.18 bits per heavy atom. The molecule has 0 radical (unpaired) electrons. The van der Waals surface area contributed by atoms with Crippen molar-refractivity contribution in [2.45, 2.75) is 51.4 Å². The maximum atomic E-state index is 13.0. The summed E-state index contributed by atoms with van der Waals surface area (Å²) in [5.41, 5.74) is 3.67. The number of carbonyl (C=O) groups excluding carboxylic acids is 3. The van der Waals surface area contributed by atoms with Gasteiger partial charge in [0, 0.05) is 48.1 Å². The van der Waals surface area contributed by atoms with Crippen molar-refractivity contribution >= 4 is 23.2 Å². The zero-order valence-electron chi connectivity index (χ0n) is 19.2. The second-order valence-corrected chi connectivity index (χ2v) is 9.00. The monoisotopic (exact) mass is 457 g/mol. The van der Waals surface area contributed by atoms with Gasteiger partial charge in [-0.25, -0.2) is 0 Å². The van der Waals surface area contributed by atoms with E-state index in [2.05, 4.69) is 5.32 Å². The van der Waals surface area contributed by atoms with Crippen molar-refractivity contribution in [1.29, 1.82) is 0 Å². The van der Waals surface area contributed by atoms with Crippen LogP contribution >= 0.6 is 0 Å². The maximum Gasteiger partial charge on any atom is 0.262 e. The quantitative estimate of drug-likeness (QED) is 0.672. The summed E-state index contributed by atoms with van der Waals surface area (Å²) in [6, 6.07) is 14.9. The number of nitrogens with one attached hydrogen (secondary N) is 1. The van der Waals surface area contributed by atoms with Gasteiger partial charge in [-0.1, -0.05) is 35.9 Å². The van der Waals surface area contributed by atoms with Crippen LogP contribution in [0.4, 0.5) is 5.69 Å². The van der Waals surface area contributed by atoms with E-state index in [1.165, 1.54) is 0 Å². The topological polar surface area (TPSA) is 81.7 Å². The average molecular weight is 458 g/mol. The minimum atomic E-state index is -0.518. The first-order valence-electron chi connectivity index (χ1n) is 11.8. The number of hydrogen-bond donors (Lipinski definition) is 1. The maximum absolute atomic E-state index is 13.0. The highest BCUT2D eigenvalue weighted by atomic mass is 16.5. The molecule has 0 saturated carbocycles. The van der Waals surface area contributed by atoms with Gasteiger partial charge in [0.2, 0.25) is 0 Å². The van der Waals surface area contributed by atoms with E-state index >= 15 is 0 Å². The number of ether oxygens (including phenoxy) is 2. The SMILES string of the molecule is Cc1ccc(NC(=O)COc2ccccc2C2C3=C(CCCC3=O)OC3=C2C(=O)CCC3)cc1. The molecule has 174 valence electrons. The number of para-hydroxylation sites is 1. The van der Waals surface area contributed by atoms with E-state index in [4.69, 9.17) is 9.47 Å². The lowest BCUT2D eigenvalue weighted by atomic mass is 9.73. The van der Waals surface area contributed by atoms with Gasteiger partial charge in [-0.05, 0) is 38.0 Å². The van der Waals surface area contributed by atoms with Gasteiger partial charge in [0.25, 0.3) is 5.91 Å². The number of benzene rings is 2. The van der Waals surface area contributed by atoms with Gasteiger partial charge < -0.3 is 14.8 Å². The first-order chi connectivity index (χ1) is 16.5. The Balaban J connectivity index is 1.45. The second-order valence-electron chi connectivity index (χ2n) is 9.00. The van der Waals surface area contributed by atoms with Gasteiger partial charge in [-0.3, -0.25) is 14.4 Å². The summed E-state index contributed by atoms with van der Waals surface area (Å²) < 4.78 is 12.1. The summed E-state index contributed by atoms with van der Waals surface area (Å²) in [7, 11) is 0. The molecule has 0 saturated heterocycles. The minimum Gasteiger partial charge on any atom is -0.483 e. The zero-order valence-corrected chi connectivity index (χ0v) is 19.2. The average Bonchev–Trinajstić information content (AvgIpc) is 2.83. The van der Waals surface area contributed by atoms with Crippen LogP contribution < -0.4 is 10.1 Å². The molecule has 3 aliphatic rings. The standard InChI is InChI=1S/C28H27NO5/c1-17-12-14-18(15-13-17)29-25(32)16-33-22-9-3-2-6-19(22)26-27-20(30)7-4-10-23(27)34-24-11-5-8-21(31)28(24)26/h2-3,6,9,12-15,26H,4-5,7-8,10-11,16H2,1H3,(H,29,32). The second kappa shape index (κ2) is 9.29. The van der Waals surface area contributed by atoms with Crippen LogP contribution in [0.2, 0.25) is 0 Å². The van der Waals surface area contributed by atoms with E-state index in [-0.39, 0.29) is 24.1 Å². The number of rotatable bonds is 5. The Kier molecular flexibility index (Phi) is 6.05. The molecule has 1 amide bonds. The predicted octanol–water partition coefficient (Wildman–Crippen LogP) is 5.14. The molecule has 0 spiro atoms. The number of allylic oxidation sites excluding steroid dienone is 4. The van der Waals surface area contributed by atoms with Crippen molar-refractivity contribution in [3.63, 3.8) is 0 Å². The molecular formula is C28H27NO5. The molecule has 0 atom stereocenters. The molecule has 2 aromatic rings. The number of hydrogen-bond acceptors (Lipinski definition) is 5. The van der Waals surface area contributed by atoms with Crippen molar-refractivity contribution in [3.05, 3.63) is 82.3 Å². The van der Waals surface area contributed by atoms with Gasteiger partial charge in [0.05, 0.1) is 5.92 Å².